The smallest absolute Gasteiger partial charge is 0.265 e. The number of rotatable bonds is 3. The van der Waals surface area contributed by atoms with Crippen molar-refractivity contribution in [1.82, 2.24) is 0 Å². The number of hydrogen-bond donors (Lipinski definition) is 0. The van der Waals surface area contributed by atoms with Crippen molar-refractivity contribution in [2.75, 3.05) is 10.8 Å². The minimum absolute atomic E-state index is 0.0658. The monoisotopic (exact) mass is 355 g/mol. The molecule has 1 heterocycles. The van der Waals surface area contributed by atoms with E-state index >= 15 is 0 Å². The molecule has 0 unspecified atom stereocenters. The first-order valence-corrected chi connectivity index (χ1v) is 8.82. The molecule has 0 fully saturated rings. The highest BCUT2D eigenvalue weighted by molar-refractivity contribution is 7.92. The number of alkyl halides is 3. The molecule has 0 aliphatic carbocycles. The summed E-state index contributed by atoms with van der Waals surface area (Å²) in [5, 5.41) is 0. The number of benzene rings is 2. The van der Waals surface area contributed by atoms with Gasteiger partial charge in [-0.2, -0.15) is 13.2 Å². The molecule has 3 rings (SSSR count). The van der Waals surface area contributed by atoms with E-state index in [-0.39, 0.29) is 11.4 Å². The van der Waals surface area contributed by atoms with E-state index in [9.17, 15) is 21.6 Å². The van der Waals surface area contributed by atoms with Gasteiger partial charge in [0, 0.05) is 12.0 Å². The number of hydrogen-bond acceptors (Lipinski definition) is 2. The van der Waals surface area contributed by atoms with E-state index in [2.05, 4.69) is 0 Å². The van der Waals surface area contributed by atoms with Crippen LogP contribution in [0, 0.1) is 0 Å². The van der Waals surface area contributed by atoms with Gasteiger partial charge >= 0.3 is 6.18 Å². The van der Waals surface area contributed by atoms with Gasteiger partial charge in [0.05, 0.1) is 17.0 Å². The molecule has 0 N–H and O–H groups in total. The predicted octanol–water partition coefficient (Wildman–Crippen LogP) is 4.11. The summed E-state index contributed by atoms with van der Waals surface area (Å²) in [6, 6.07) is 14.1. The van der Waals surface area contributed by atoms with Gasteiger partial charge in [-0.1, -0.05) is 43.3 Å². The van der Waals surface area contributed by atoms with Crippen LogP contribution in [0.25, 0.3) is 0 Å². The Morgan fingerprint density at radius 3 is 2.25 bits per heavy atom. The first-order valence-electron chi connectivity index (χ1n) is 7.38. The van der Waals surface area contributed by atoms with Crippen LogP contribution in [-0.4, -0.2) is 21.1 Å². The minimum Gasteiger partial charge on any atom is -0.265 e. The molecule has 2 aromatic carbocycles. The SMILES string of the molecule is C[C@@]1(CC(F)(F)F)CN(S(=O)(=O)c2ccccc2)c2ccccc21. The summed E-state index contributed by atoms with van der Waals surface area (Å²) in [5.41, 5.74) is -0.591. The molecular weight excluding hydrogens is 339 g/mol. The van der Waals surface area contributed by atoms with Crippen LogP contribution < -0.4 is 4.31 Å². The van der Waals surface area contributed by atoms with Crippen LogP contribution in [0.5, 0.6) is 0 Å². The number of sulfonamides is 1. The average Bonchev–Trinajstić information content (AvgIpc) is 2.80. The maximum Gasteiger partial charge on any atom is 0.390 e. The number of halogens is 3. The molecule has 3 nitrogen and oxygen atoms in total. The van der Waals surface area contributed by atoms with Crippen molar-refractivity contribution in [3.63, 3.8) is 0 Å². The maximum absolute atomic E-state index is 13.0. The summed E-state index contributed by atoms with van der Waals surface area (Å²) >= 11 is 0. The molecule has 0 spiro atoms. The standard InChI is InChI=1S/C17H16F3NO2S/c1-16(11-17(18,19)20)12-21(15-10-6-5-9-14(15)16)24(22,23)13-7-3-2-4-8-13/h2-10H,11-12H2,1H3/t16-/m1/s1. The molecule has 0 bridgehead atoms. The van der Waals surface area contributed by atoms with E-state index < -0.39 is 28.0 Å². The fraction of sp³-hybridized carbons (Fsp3) is 0.294. The van der Waals surface area contributed by atoms with Crippen LogP contribution in [0.1, 0.15) is 18.9 Å². The zero-order valence-corrected chi connectivity index (χ0v) is 13.7. The number of para-hydroxylation sites is 1. The first kappa shape index (κ1) is 16.8. The lowest BCUT2D eigenvalue weighted by Gasteiger charge is -2.27. The normalized spacial score (nSPS) is 20.9. The molecule has 0 amide bonds. The van der Waals surface area contributed by atoms with Crippen molar-refractivity contribution in [3.05, 3.63) is 60.2 Å². The Hall–Kier alpha value is -2.02. The number of nitrogens with zero attached hydrogens (tertiary/aromatic N) is 1. The Bertz CT molecular complexity index is 850. The van der Waals surface area contributed by atoms with E-state index in [1.165, 1.54) is 19.1 Å². The molecular formula is C17H16F3NO2S. The average molecular weight is 355 g/mol. The third-order valence-corrected chi connectivity index (χ3v) is 6.01. The topological polar surface area (TPSA) is 37.4 Å². The molecule has 1 atom stereocenters. The molecule has 2 aromatic rings. The molecule has 7 heteroatoms. The van der Waals surface area contributed by atoms with Gasteiger partial charge in [0.15, 0.2) is 0 Å². The summed E-state index contributed by atoms with van der Waals surface area (Å²) in [6.45, 7) is 1.23. The Morgan fingerprint density at radius 2 is 1.62 bits per heavy atom. The summed E-state index contributed by atoms with van der Waals surface area (Å²) in [5.74, 6) is 0. The molecule has 1 aliphatic rings. The maximum atomic E-state index is 13.0. The van der Waals surface area contributed by atoms with Crippen molar-refractivity contribution >= 4 is 15.7 Å². The minimum atomic E-state index is -4.38. The second-order valence-electron chi connectivity index (χ2n) is 6.19. The van der Waals surface area contributed by atoms with Gasteiger partial charge in [-0.15, -0.1) is 0 Å². The van der Waals surface area contributed by atoms with Gasteiger partial charge in [-0.05, 0) is 23.8 Å². The highest BCUT2D eigenvalue weighted by atomic mass is 32.2. The van der Waals surface area contributed by atoms with Crippen LogP contribution in [-0.2, 0) is 15.4 Å². The Balaban J connectivity index is 2.10. The van der Waals surface area contributed by atoms with Gasteiger partial charge < -0.3 is 0 Å². The summed E-state index contributed by atoms with van der Waals surface area (Å²) < 4.78 is 66.0. The zero-order chi connectivity index (χ0) is 17.6. The molecule has 24 heavy (non-hydrogen) atoms. The van der Waals surface area contributed by atoms with Crippen LogP contribution >= 0.6 is 0 Å². The summed E-state index contributed by atoms with van der Waals surface area (Å²) in [7, 11) is -3.91. The van der Waals surface area contributed by atoms with Crippen molar-refractivity contribution in [2.45, 2.75) is 29.8 Å². The number of anilines is 1. The van der Waals surface area contributed by atoms with Crippen molar-refractivity contribution < 1.29 is 21.6 Å². The first-order chi connectivity index (χ1) is 11.1. The third-order valence-electron chi connectivity index (χ3n) is 4.24. The van der Waals surface area contributed by atoms with Crippen LogP contribution in [0.2, 0.25) is 0 Å². The Labute approximate surface area is 138 Å². The zero-order valence-electron chi connectivity index (χ0n) is 12.9. The van der Waals surface area contributed by atoms with Gasteiger partial charge in [0.25, 0.3) is 10.0 Å². The predicted molar refractivity (Wildman–Crippen MR) is 85.4 cm³/mol. The quantitative estimate of drug-likeness (QED) is 0.831. The van der Waals surface area contributed by atoms with Crippen LogP contribution in [0.3, 0.4) is 0 Å². The molecule has 0 aromatic heterocycles. The molecule has 1 aliphatic heterocycles. The van der Waals surface area contributed by atoms with Crippen molar-refractivity contribution in [1.29, 1.82) is 0 Å². The molecule has 0 radical (unpaired) electrons. The van der Waals surface area contributed by atoms with E-state index in [0.717, 1.165) is 4.31 Å². The van der Waals surface area contributed by atoms with Gasteiger partial charge in [0.1, 0.15) is 0 Å². The lowest BCUT2D eigenvalue weighted by atomic mass is 9.81. The van der Waals surface area contributed by atoms with E-state index in [1.807, 2.05) is 0 Å². The van der Waals surface area contributed by atoms with Crippen molar-refractivity contribution in [3.8, 4) is 0 Å². The summed E-state index contributed by atoms with van der Waals surface area (Å²) in [6.07, 6.45) is -5.45. The van der Waals surface area contributed by atoms with Crippen molar-refractivity contribution in [2.24, 2.45) is 0 Å². The molecule has 0 saturated carbocycles. The highest BCUT2D eigenvalue weighted by Crippen LogP contribution is 2.48. The lowest BCUT2D eigenvalue weighted by molar-refractivity contribution is -0.145. The van der Waals surface area contributed by atoms with Crippen LogP contribution in [0.15, 0.2) is 59.5 Å². The van der Waals surface area contributed by atoms with Gasteiger partial charge in [-0.25, -0.2) is 8.42 Å². The second-order valence-corrected chi connectivity index (χ2v) is 8.06. The highest BCUT2D eigenvalue weighted by Gasteiger charge is 2.49. The fourth-order valence-electron chi connectivity index (χ4n) is 3.22. The lowest BCUT2D eigenvalue weighted by Crippen LogP contribution is -2.38. The molecule has 128 valence electrons. The Morgan fingerprint density at radius 1 is 1.04 bits per heavy atom. The van der Waals surface area contributed by atoms with E-state index in [0.29, 0.717) is 11.3 Å². The second kappa shape index (κ2) is 5.51. The van der Waals surface area contributed by atoms with Gasteiger partial charge in [0.2, 0.25) is 0 Å². The number of fused-ring (bicyclic) bond motifs is 1. The summed E-state index contributed by atoms with van der Waals surface area (Å²) in [4.78, 5) is 0.0658. The largest absolute Gasteiger partial charge is 0.390 e. The van der Waals surface area contributed by atoms with Gasteiger partial charge in [-0.3, -0.25) is 4.31 Å². The third kappa shape index (κ3) is 2.88. The van der Waals surface area contributed by atoms with E-state index in [1.54, 1.807) is 42.5 Å². The Kier molecular flexibility index (Phi) is 3.86. The molecule has 0 saturated heterocycles. The fourth-order valence-corrected chi connectivity index (χ4v) is 4.85. The van der Waals surface area contributed by atoms with E-state index in [4.69, 9.17) is 0 Å². The van der Waals surface area contributed by atoms with Crippen LogP contribution in [0.4, 0.5) is 18.9 Å².